The third kappa shape index (κ3) is 3.44. The van der Waals surface area contributed by atoms with Gasteiger partial charge in [-0.2, -0.15) is 0 Å². The summed E-state index contributed by atoms with van der Waals surface area (Å²) in [5.41, 5.74) is 0.309. The van der Waals surface area contributed by atoms with Crippen LogP contribution in [0.4, 0.5) is 0 Å². The van der Waals surface area contributed by atoms with Crippen LogP contribution in [0, 0.1) is 0 Å². The fourth-order valence-electron chi connectivity index (χ4n) is 1.59. The Kier molecular flexibility index (Phi) is 4.14. The molecule has 0 aromatic carbocycles. The number of carboxylic acids is 1. The average molecular weight is 278 g/mol. The first-order chi connectivity index (χ1) is 9.56. The van der Waals surface area contributed by atoms with Gasteiger partial charge in [-0.3, -0.25) is 9.59 Å². The fourth-order valence-corrected chi connectivity index (χ4v) is 1.59. The molecule has 2 heterocycles. The molecule has 2 rings (SSSR count). The number of rotatable bonds is 6. The van der Waals surface area contributed by atoms with Crippen LogP contribution < -0.4 is 5.32 Å². The lowest BCUT2D eigenvalue weighted by atomic mass is 10.3. The van der Waals surface area contributed by atoms with Gasteiger partial charge in [-0.1, -0.05) is 5.21 Å². The largest absolute Gasteiger partial charge is 0.481 e. The van der Waals surface area contributed by atoms with Gasteiger partial charge in [0.15, 0.2) is 0 Å². The molecule has 1 atom stereocenters. The van der Waals surface area contributed by atoms with Crippen molar-refractivity contribution in [2.45, 2.75) is 25.9 Å². The summed E-state index contributed by atoms with van der Waals surface area (Å²) in [4.78, 5) is 22.5. The van der Waals surface area contributed by atoms with Gasteiger partial charge in [0.2, 0.25) is 5.91 Å². The normalized spacial score (nSPS) is 12.1. The van der Waals surface area contributed by atoms with Crippen molar-refractivity contribution in [3.8, 4) is 0 Å². The second-order valence-corrected chi connectivity index (χ2v) is 4.23. The van der Waals surface area contributed by atoms with Crippen LogP contribution in [0.15, 0.2) is 29.0 Å². The Morgan fingerprint density at radius 2 is 2.35 bits per heavy atom. The maximum absolute atomic E-state index is 11.9. The van der Waals surface area contributed by atoms with Crippen molar-refractivity contribution in [1.82, 2.24) is 20.3 Å². The average Bonchev–Trinajstić information content (AvgIpc) is 3.05. The van der Waals surface area contributed by atoms with Crippen LogP contribution in [0.25, 0.3) is 0 Å². The molecule has 0 aliphatic heterocycles. The van der Waals surface area contributed by atoms with Crippen LogP contribution in [-0.4, -0.2) is 32.0 Å². The number of aromatic nitrogens is 3. The van der Waals surface area contributed by atoms with Crippen molar-refractivity contribution < 1.29 is 19.1 Å². The van der Waals surface area contributed by atoms with E-state index in [1.165, 1.54) is 17.1 Å². The first-order valence-electron chi connectivity index (χ1n) is 5.99. The zero-order valence-electron chi connectivity index (χ0n) is 10.8. The van der Waals surface area contributed by atoms with Gasteiger partial charge in [0.25, 0.3) is 0 Å². The highest BCUT2D eigenvalue weighted by molar-refractivity contribution is 5.79. The highest BCUT2D eigenvalue weighted by Gasteiger charge is 2.17. The van der Waals surface area contributed by atoms with Crippen LogP contribution in [0.2, 0.25) is 0 Å². The monoisotopic (exact) mass is 278 g/mol. The molecule has 0 bridgehead atoms. The molecule has 2 N–H and O–H groups in total. The van der Waals surface area contributed by atoms with Gasteiger partial charge in [0.1, 0.15) is 11.8 Å². The number of furan rings is 1. The van der Waals surface area contributed by atoms with Crippen LogP contribution in [0.1, 0.15) is 24.4 Å². The number of nitrogens with one attached hydrogen (secondary N) is 1. The van der Waals surface area contributed by atoms with Crippen molar-refractivity contribution in [3.63, 3.8) is 0 Å². The Bertz CT molecular complexity index is 590. The summed E-state index contributed by atoms with van der Waals surface area (Å²) in [6, 6.07) is 2.91. The maximum atomic E-state index is 11.9. The molecule has 0 saturated carbocycles. The number of amides is 1. The predicted molar refractivity (Wildman–Crippen MR) is 66.6 cm³/mol. The third-order valence-electron chi connectivity index (χ3n) is 2.68. The lowest BCUT2D eigenvalue weighted by Gasteiger charge is -2.10. The van der Waals surface area contributed by atoms with E-state index in [-0.39, 0.29) is 18.9 Å². The van der Waals surface area contributed by atoms with Gasteiger partial charge in [0.05, 0.1) is 24.9 Å². The number of hydrogen-bond donors (Lipinski definition) is 2. The first-order valence-corrected chi connectivity index (χ1v) is 5.99. The van der Waals surface area contributed by atoms with Crippen molar-refractivity contribution >= 4 is 11.9 Å². The Morgan fingerprint density at radius 1 is 1.55 bits per heavy atom. The molecule has 2 aromatic rings. The van der Waals surface area contributed by atoms with Gasteiger partial charge < -0.3 is 14.8 Å². The smallest absolute Gasteiger partial charge is 0.309 e. The molecule has 0 aliphatic carbocycles. The molecule has 1 unspecified atom stereocenters. The number of hydrogen-bond acceptors (Lipinski definition) is 5. The van der Waals surface area contributed by atoms with Crippen LogP contribution in [0.5, 0.6) is 0 Å². The second-order valence-electron chi connectivity index (χ2n) is 4.23. The molecular weight excluding hydrogens is 264 g/mol. The van der Waals surface area contributed by atoms with E-state index in [1.54, 1.807) is 19.1 Å². The molecule has 0 spiro atoms. The van der Waals surface area contributed by atoms with Gasteiger partial charge in [-0.05, 0) is 19.1 Å². The van der Waals surface area contributed by atoms with Gasteiger partial charge in [-0.25, -0.2) is 4.68 Å². The topological polar surface area (TPSA) is 110 Å². The third-order valence-corrected chi connectivity index (χ3v) is 2.68. The van der Waals surface area contributed by atoms with E-state index >= 15 is 0 Å². The Balaban J connectivity index is 1.92. The lowest BCUT2D eigenvalue weighted by Crippen LogP contribution is -2.30. The van der Waals surface area contributed by atoms with E-state index in [4.69, 9.17) is 9.52 Å². The minimum atomic E-state index is -0.994. The summed E-state index contributed by atoms with van der Waals surface area (Å²) in [5, 5.41) is 18.8. The Morgan fingerprint density at radius 3 is 3.00 bits per heavy atom. The second kappa shape index (κ2) is 6.00. The van der Waals surface area contributed by atoms with Crippen molar-refractivity contribution in [3.05, 3.63) is 36.0 Å². The summed E-state index contributed by atoms with van der Waals surface area (Å²) in [6.07, 6.45) is 2.76. The number of carboxylic acid groups (broad SMARTS) is 1. The van der Waals surface area contributed by atoms with E-state index < -0.39 is 12.0 Å². The molecule has 1 amide bonds. The molecule has 0 saturated heterocycles. The van der Waals surface area contributed by atoms with Gasteiger partial charge in [0, 0.05) is 6.20 Å². The van der Waals surface area contributed by atoms with E-state index in [9.17, 15) is 9.59 Å². The van der Waals surface area contributed by atoms with E-state index in [2.05, 4.69) is 15.6 Å². The molecule has 2 aromatic heterocycles. The quantitative estimate of drug-likeness (QED) is 0.790. The highest BCUT2D eigenvalue weighted by atomic mass is 16.4. The molecule has 0 fully saturated rings. The van der Waals surface area contributed by atoms with Crippen LogP contribution >= 0.6 is 0 Å². The minimum absolute atomic E-state index is 0.221. The van der Waals surface area contributed by atoms with Gasteiger partial charge in [-0.15, -0.1) is 5.10 Å². The highest BCUT2D eigenvalue weighted by Crippen LogP contribution is 2.06. The Hall–Kier alpha value is -2.64. The SMILES string of the molecule is CC(C(=O)NCc1ccco1)n1cc(CC(=O)O)nn1. The van der Waals surface area contributed by atoms with E-state index in [1.807, 2.05) is 0 Å². The summed E-state index contributed by atoms with van der Waals surface area (Å²) in [6.45, 7) is 1.93. The molecule has 20 heavy (non-hydrogen) atoms. The van der Waals surface area contributed by atoms with Crippen molar-refractivity contribution in [2.24, 2.45) is 0 Å². The van der Waals surface area contributed by atoms with Crippen LogP contribution in [-0.2, 0) is 22.6 Å². The number of nitrogens with zero attached hydrogens (tertiary/aromatic N) is 3. The zero-order valence-corrected chi connectivity index (χ0v) is 10.8. The number of carbonyl (C=O) groups is 2. The summed E-state index contributed by atoms with van der Waals surface area (Å²) < 4.78 is 6.43. The maximum Gasteiger partial charge on any atom is 0.309 e. The molecule has 0 radical (unpaired) electrons. The molecule has 106 valence electrons. The first kappa shape index (κ1) is 13.8. The van der Waals surface area contributed by atoms with E-state index in [0.29, 0.717) is 11.5 Å². The summed E-state index contributed by atoms with van der Waals surface area (Å²) in [5.74, 6) is -0.601. The van der Waals surface area contributed by atoms with Gasteiger partial charge >= 0.3 is 5.97 Å². The van der Waals surface area contributed by atoms with Crippen LogP contribution in [0.3, 0.4) is 0 Å². The standard InChI is InChI=1S/C12H14N4O4/c1-8(12(19)13-6-10-3-2-4-20-10)16-7-9(14-15-16)5-11(17)18/h2-4,7-8H,5-6H2,1H3,(H,13,19)(H,17,18). The lowest BCUT2D eigenvalue weighted by molar-refractivity contribution is -0.136. The van der Waals surface area contributed by atoms with Crippen molar-refractivity contribution in [1.29, 1.82) is 0 Å². The molecular formula is C12H14N4O4. The molecule has 8 heteroatoms. The predicted octanol–water partition coefficient (Wildman–Crippen LogP) is 0.376. The molecule has 8 nitrogen and oxygen atoms in total. The number of aliphatic carboxylic acids is 1. The van der Waals surface area contributed by atoms with Crippen molar-refractivity contribution in [2.75, 3.05) is 0 Å². The summed E-state index contributed by atoms with van der Waals surface area (Å²) in [7, 11) is 0. The van der Waals surface area contributed by atoms with E-state index in [0.717, 1.165) is 0 Å². The molecule has 0 aliphatic rings. The fraction of sp³-hybridized carbons (Fsp3) is 0.333. The summed E-state index contributed by atoms with van der Waals surface area (Å²) >= 11 is 0. The Labute approximate surface area is 114 Å². The minimum Gasteiger partial charge on any atom is -0.481 e. The zero-order chi connectivity index (χ0) is 14.5. The number of carbonyl (C=O) groups excluding carboxylic acids is 1.